The quantitative estimate of drug-likeness (QED) is 0.341. The molecule has 0 atom stereocenters. The van der Waals surface area contributed by atoms with Crippen LogP contribution in [0.25, 0.3) is 0 Å². The van der Waals surface area contributed by atoms with Gasteiger partial charge < -0.3 is 10.2 Å². The van der Waals surface area contributed by atoms with Gasteiger partial charge in [0.15, 0.2) is 0 Å². The lowest BCUT2D eigenvalue weighted by atomic mass is 10.0. The molecule has 0 aromatic carbocycles. The topological polar surface area (TPSA) is 58.9 Å². The lowest BCUT2D eigenvalue weighted by Gasteiger charge is -2.30. The van der Waals surface area contributed by atoms with Crippen LogP contribution in [0.4, 0.5) is 0 Å². The third kappa shape index (κ3) is 9.83. The summed E-state index contributed by atoms with van der Waals surface area (Å²) in [5.41, 5.74) is -0.660. The molecule has 4 heteroatoms. The average Bonchev–Trinajstić information content (AvgIpc) is 2.27. The predicted octanol–water partition coefficient (Wildman–Crippen LogP) is 2.82. The van der Waals surface area contributed by atoms with Gasteiger partial charge >= 0.3 is 0 Å². The van der Waals surface area contributed by atoms with Gasteiger partial charge in [0.25, 0.3) is 0 Å². The maximum absolute atomic E-state index is 8.75. The highest BCUT2D eigenvalue weighted by Crippen LogP contribution is 2.24. The maximum atomic E-state index is 8.75. The molecule has 18 heavy (non-hydrogen) atoms. The van der Waals surface area contributed by atoms with Crippen LogP contribution in [-0.2, 0) is 9.78 Å². The van der Waals surface area contributed by atoms with Crippen molar-refractivity contribution in [1.29, 1.82) is 0 Å². The normalized spacial score (nSPS) is 13.0. The number of unbranched alkanes of at least 4 members (excludes halogenated alkanes) is 2. The fraction of sp³-hybridized carbons (Fsp3) is 1.00. The Hall–Kier alpha value is -0.160. The third-order valence-electron chi connectivity index (χ3n) is 2.87. The smallest absolute Gasteiger partial charge is 0.0980 e. The van der Waals surface area contributed by atoms with Crippen molar-refractivity contribution in [3.8, 4) is 0 Å². The summed E-state index contributed by atoms with van der Waals surface area (Å²) in [7, 11) is 0. The van der Waals surface area contributed by atoms with Crippen molar-refractivity contribution >= 4 is 0 Å². The van der Waals surface area contributed by atoms with E-state index in [0.717, 1.165) is 38.5 Å². The van der Waals surface area contributed by atoms with E-state index in [-0.39, 0.29) is 24.4 Å². The molecule has 110 valence electrons. The van der Waals surface area contributed by atoms with Crippen molar-refractivity contribution in [3.63, 3.8) is 0 Å². The fourth-order valence-electron chi connectivity index (χ4n) is 1.63. The van der Waals surface area contributed by atoms with Gasteiger partial charge in [0.1, 0.15) is 0 Å². The van der Waals surface area contributed by atoms with Gasteiger partial charge in [-0.2, -0.15) is 0 Å². The Balaban J connectivity index is 3.88. The Morgan fingerprint density at radius 3 is 1.28 bits per heavy atom. The number of aliphatic hydroxyl groups is 2. The fourth-order valence-corrected chi connectivity index (χ4v) is 1.63. The summed E-state index contributed by atoms with van der Waals surface area (Å²) in [6.07, 6.45) is 5.18. The molecule has 0 fully saturated rings. The molecule has 4 nitrogen and oxygen atoms in total. The first kappa shape index (κ1) is 17.8. The molecule has 0 aliphatic carbocycles. The van der Waals surface area contributed by atoms with Gasteiger partial charge in [0, 0.05) is 13.2 Å². The molecule has 0 radical (unpaired) electrons. The molecule has 0 amide bonds. The monoisotopic (exact) mass is 262 g/mol. The van der Waals surface area contributed by atoms with Crippen LogP contribution >= 0.6 is 0 Å². The molecule has 0 rings (SSSR count). The minimum atomic E-state index is -0.330. The highest BCUT2D eigenvalue weighted by molar-refractivity contribution is 4.69. The highest BCUT2D eigenvalue weighted by Gasteiger charge is 2.26. The largest absolute Gasteiger partial charge is 0.396 e. The Kier molecular flexibility index (Phi) is 8.78. The van der Waals surface area contributed by atoms with E-state index in [0.29, 0.717) is 0 Å². The van der Waals surface area contributed by atoms with Crippen molar-refractivity contribution < 1.29 is 20.0 Å². The Bertz CT molecular complexity index is 180. The van der Waals surface area contributed by atoms with E-state index in [2.05, 4.69) is 0 Å². The van der Waals surface area contributed by atoms with E-state index >= 15 is 0 Å². The molecule has 0 aromatic heterocycles. The first-order valence-corrected chi connectivity index (χ1v) is 6.91. The SMILES string of the molecule is CC(C)(CCCCO)OOC(C)(C)CCCCO. The Morgan fingerprint density at radius 2 is 1.00 bits per heavy atom. The molecular formula is C14H30O4. The van der Waals surface area contributed by atoms with E-state index < -0.39 is 0 Å². The van der Waals surface area contributed by atoms with Crippen LogP contribution in [0, 0.1) is 0 Å². The molecular weight excluding hydrogens is 232 g/mol. The van der Waals surface area contributed by atoms with Crippen LogP contribution < -0.4 is 0 Å². The van der Waals surface area contributed by atoms with E-state index in [1.807, 2.05) is 27.7 Å². The second-order valence-electron chi connectivity index (χ2n) is 6.05. The minimum Gasteiger partial charge on any atom is -0.396 e. The van der Waals surface area contributed by atoms with E-state index in [9.17, 15) is 0 Å². The minimum absolute atomic E-state index is 0.226. The van der Waals surface area contributed by atoms with Gasteiger partial charge in [-0.05, 0) is 66.2 Å². The Labute approximate surface area is 111 Å². The van der Waals surface area contributed by atoms with Gasteiger partial charge in [0.2, 0.25) is 0 Å². The maximum Gasteiger partial charge on any atom is 0.0980 e. The highest BCUT2D eigenvalue weighted by atomic mass is 17.2. The summed E-state index contributed by atoms with van der Waals surface area (Å²) in [5.74, 6) is 0. The van der Waals surface area contributed by atoms with Gasteiger partial charge in [-0.15, -0.1) is 0 Å². The molecule has 0 spiro atoms. The average molecular weight is 262 g/mol. The summed E-state index contributed by atoms with van der Waals surface area (Å²) in [6, 6.07) is 0. The number of hydrogen-bond acceptors (Lipinski definition) is 4. The molecule has 2 N–H and O–H groups in total. The van der Waals surface area contributed by atoms with E-state index in [4.69, 9.17) is 20.0 Å². The predicted molar refractivity (Wildman–Crippen MR) is 72.2 cm³/mol. The lowest BCUT2D eigenvalue weighted by Crippen LogP contribution is -2.32. The van der Waals surface area contributed by atoms with Crippen molar-refractivity contribution in [2.24, 2.45) is 0 Å². The van der Waals surface area contributed by atoms with Crippen LogP contribution in [-0.4, -0.2) is 34.6 Å². The molecule has 0 unspecified atom stereocenters. The first-order chi connectivity index (χ1) is 8.33. The van der Waals surface area contributed by atoms with Crippen molar-refractivity contribution in [3.05, 3.63) is 0 Å². The van der Waals surface area contributed by atoms with Crippen LogP contribution in [0.3, 0.4) is 0 Å². The van der Waals surface area contributed by atoms with Gasteiger partial charge in [-0.1, -0.05) is 0 Å². The molecule has 0 saturated carbocycles. The number of aliphatic hydroxyl groups excluding tert-OH is 2. The molecule has 0 aromatic rings. The van der Waals surface area contributed by atoms with Gasteiger partial charge in [0.05, 0.1) is 11.2 Å². The summed E-state index contributed by atoms with van der Waals surface area (Å²) < 4.78 is 0. The standard InChI is InChI=1S/C14H30O4/c1-13(2,9-5-7-11-15)17-18-14(3,4)10-6-8-12-16/h15-16H,5-12H2,1-4H3. The summed E-state index contributed by atoms with van der Waals surface area (Å²) in [5, 5.41) is 17.5. The number of hydrogen-bond donors (Lipinski definition) is 2. The van der Waals surface area contributed by atoms with Crippen LogP contribution in [0.5, 0.6) is 0 Å². The van der Waals surface area contributed by atoms with Crippen molar-refractivity contribution in [2.45, 2.75) is 77.4 Å². The van der Waals surface area contributed by atoms with Gasteiger partial charge in [-0.25, -0.2) is 9.78 Å². The van der Waals surface area contributed by atoms with Crippen LogP contribution in [0.15, 0.2) is 0 Å². The zero-order chi connectivity index (χ0) is 14.1. The first-order valence-electron chi connectivity index (χ1n) is 6.91. The molecule has 0 saturated heterocycles. The summed E-state index contributed by atoms with van der Waals surface area (Å²) >= 11 is 0. The molecule has 0 heterocycles. The Morgan fingerprint density at radius 1 is 0.667 bits per heavy atom. The summed E-state index contributed by atoms with van der Waals surface area (Å²) in [6.45, 7) is 8.43. The van der Waals surface area contributed by atoms with Crippen molar-refractivity contribution in [2.75, 3.05) is 13.2 Å². The summed E-state index contributed by atoms with van der Waals surface area (Å²) in [4.78, 5) is 11.1. The zero-order valence-corrected chi connectivity index (χ0v) is 12.4. The van der Waals surface area contributed by atoms with E-state index in [1.165, 1.54) is 0 Å². The van der Waals surface area contributed by atoms with Gasteiger partial charge in [-0.3, -0.25) is 0 Å². The molecule has 0 aliphatic rings. The second kappa shape index (κ2) is 8.86. The van der Waals surface area contributed by atoms with Crippen molar-refractivity contribution in [1.82, 2.24) is 0 Å². The second-order valence-corrected chi connectivity index (χ2v) is 6.05. The van der Waals surface area contributed by atoms with Crippen LogP contribution in [0.2, 0.25) is 0 Å². The van der Waals surface area contributed by atoms with E-state index in [1.54, 1.807) is 0 Å². The molecule has 0 aliphatic heterocycles. The molecule has 0 bridgehead atoms. The number of rotatable bonds is 11. The lowest BCUT2D eigenvalue weighted by molar-refractivity contribution is -0.403. The van der Waals surface area contributed by atoms with Crippen LogP contribution in [0.1, 0.15) is 66.2 Å². The zero-order valence-electron chi connectivity index (χ0n) is 12.4. The third-order valence-corrected chi connectivity index (χ3v) is 2.87.